The number of rotatable bonds is 64. The second-order valence-electron chi connectivity index (χ2n) is 29.8. The third kappa shape index (κ3) is 40.4. The van der Waals surface area contributed by atoms with Gasteiger partial charge in [-0.1, -0.05) is 297 Å². The lowest BCUT2D eigenvalue weighted by molar-refractivity contribution is -0.360. The van der Waals surface area contributed by atoms with Crippen LogP contribution in [0.3, 0.4) is 0 Å². The average Bonchev–Trinajstić information content (AvgIpc) is 0.761. The Labute approximate surface area is 612 Å². The molecule has 25 heteroatoms. The maximum atomic E-state index is 14.4. The molecule has 3 aliphatic rings. The van der Waals surface area contributed by atoms with E-state index in [4.69, 9.17) is 42.2 Å². The van der Waals surface area contributed by atoms with E-state index in [1.54, 1.807) is 0 Å². The van der Waals surface area contributed by atoms with Crippen LogP contribution in [0, 0.1) is 5.92 Å². The maximum Gasteiger partial charge on any atom is 0.472 e. The van der Waals surface area contributed by atoms with Crippen LogP contribution in [-0.2, 0) is 61.2 Å². The summed E-state index contributed by atoms with van der Waals surface area (Å²) in [4.78, 5) is 51.2. The minimum Gasteiger partial charge on any atom is -0.463 e. The fraction of sp³-hybridized carbons (Fsp3) is 0.961. The Balaban J connectivity index is 1.70. The molecule has 0 aromatic rings. The van der Waals surface area contributed by atoms with Crippen LogP contribution in [0.25, 0.3) is 0 Å². The number of hydrogen-bond acceptors (Lipinski definition) is 23. The Morgan fingerprint density at radius 3 is 1.06 bits per heavy atom. The van der Waals surface area contributed by atoms with E-state index in [1.807, 2.05) is 0 Å². The molecule has 1 aliphatic carbocycles. The summed E-state index contributed by atoms with van der Waals surface area (Å²) in [7, 11) is -5.70. The molecule has 2 heterocycles. The number of carbonyl (C=O) groups excluding carboxylic acids is 3. The van der Waals surface area contributed by atoms with Crippen LogP contribution in [0.15, 0.2) is 0 Å². The quantitative estimate of drug-likeness (QED) is 0.0117. The Hall–Kier alpha value is -2.04. The highest BCUT2D eigenvalue weighted by Crippen LogP contribution is 2.49. The van der Waals surface area contributed by atoms with E-state index < -0.39 is 156 Å². The van der Waals surface area contributed by atoms with E-state index in [0.29, 0.717) is 25.2 Å². The molecule has 102 heavy (non-hydrogen) atoms. The van der Waals surface area contributed by atoms with Crippen molar-refractivity contribution in [2.75, 3.05) is 26.4 Å². The summed E-state index contributed by atoms with van der Waals surface area (Å²) < 4.78 is 65.2. The third-order valence-electron chi connectivity index (χ3n) is 20.5. The van der Waals surface area contributed by atoms with Gasteiger partial charge in [0.1, 0.15) is 98.7 Å². The number of aliphatic hydroxyl groups is 10. The standard InChI is InChI=1S/C77H145O24P/c1-5-8-11-14-17-19-21-23-25-26-27-29-30-32-34-40-46-51-62(80)94-56-60-65(83)67(85)72(90)77(98-60)100-74-70(88)68(86)69(87)73(99-76-71(89)66(84)64(82)59(53-78)97-76)75(74)101-102(91,92)95-55-58(96-63(81)52-47-42-35-33-31-28-24-22-20-18-15-12-9-6-2)54-93-61(79)50-45-41-37-36-39-44-49-57(4)48-43-38-16-13-10-7-3/h57-60,64-78,82-90H,5-56H2,1-4H3,(H,91,92). The van der Waals surface area contributed by atoms with E-state index in [2.05, 4.69) is 27.7 Å². The number of phosphoric ester groups is 1. The van der Waals surface area contributed by atoms with Crippen molar-refractivity contribution in [3.63, 3.8) is 0 Å². The smallest absolute Gasteiger partial charge is 0.463 e. The zero-order chi connectivity index (χ0) is 74.8. The zero-order valence-electron chi connectivity index (χ0n) is 63.3. The molecule has 0 amide bonds. The molecule has 0 bridgehead atoms. The average molecular weight is 1490 g/mol. The second-order valence-corrected chi connectivity index (χ2v) is 31.2. The predicted octanol–water partition coefficient (Wildman–Crippen LogP) is 12.4. The highest BCUT2D eigenvalue weighted by Gasteiger charge is 2.58. The van der Waals surface area contributed by atoms with Crippen molar-refractivity contribution in [2.45, 2.75) is 440 Å². The highest BCUT2D eigenvalue weighted by molar-refractivity contribution is 7.47. The van der Waals surface area contributed by atoms with Gasteiger partial charge in [0.2, 0.25) is 0 Å². The highest BCUT2D eigenvalue weighted by atomic mass is 31.2. The second kappa shape index (κ2) is 58.0. The van der Waals surface area contributed by atoms with E-state index in [9.17, 15) is 74.9 Å². The van der Waals surface area contributed by atoms with Crippen LogP contribution >= 0.6 is 7.82 Å². The summed E-state index contributed by atoms with van der Waals surface area (Å²) in [5.74, 6) is -1.27. The number of esters is 3. The predicted molar refractivity (Wildman–Crippen MR) is 388 cm³/mol. The molecule has 3 fully saturated rings. The summed E-state index contributed by atoms with van der Waals surface area (Å²) in [5, 5.41) is 110. The molecular weight excluding hydrogens is 1340 g/mol. The molecule has 1 saturated carbocycles. The lowest BCUT2D eigenvalue weighted by Gasteiger charge is -2.49. The summed E-state index contributed by atoms with van der Waals surface area (Å²) in [5.41, 5.74) is 0. The van der Waals surface area contributed by atoms with Crippen LogP contribution < -0.4 is 0 Å². The minimum atomic E-state index is -5.70. The van der Waals surface area contributed by atoms with E-state index in [-0.39, 0.29) is 19.3 Å². The minimum absolute atomic E-state index is 0.0339. The molecule has 19 unspecified atom stereocenters. The van der Waals surface area contributed by atoms with Gasteiger partial charge in [-0.05, 0) is 25.2 Å². The van der Waals surface area contributed by atoms with E-state index >= 15 is 0 Å². The number of hydrogen-bond donors (Lipinski definition) is 11. The van der Waals surface area contributed by atoms with Crippen LogP contribution in [0.1, 0.15) is 336 Å². The lowest BCUT2D eigenvalue weighted by Crippen LogP contribution is -2.69. The zero-order valence-corrected chi connectivity index (χ0v) is 64.2. The van der Waals surface area contributed by atoms with Crippen molar-refractivity contribution in [2.24, 2.45) is 5.92 Å². The molecule has 2 saturated heterocycles. The largest absolute Gasteiger partial charge is 0.472 e. The van der Waals surface area contributed by atoms with Gasteiger partial charge in [-0.15, -0.1) is 0 Å². The fourth-order valence-electron chi connectivity index (χ4n) is 13.8. The fourth-order valence-corrected chi connectivity index (χ4v) is 14.8. The van der Waals surface area contributed by atoms with Crippen molar-refractivity contribution in [1.29, 1.82) is 0 Å². The maximum absolute atomic E-state index is 14.4. The Morgan fingerprint density at radius 2 is 0.686 bits per heavy atom. The van der Waals surface area contributed by atoms with Crippen LogP contribution in [0.4, 0.5) is 0 Å². The van der Waals surface area contributed by atoms with Crippen molar-refractivity contribution in [3.8, 4) is 0 Å². The Bertz CT molecular complexity index is 2120. The third-order valence-corrected chi connectivity index (χ3v) is 21.5. The Kier molecular flexibility index (Phi) is 53.5. The van der Waals surface area contributed by atoms with Gasteiger partial charge < -0.3 is 89.1 Å². The van der Waals surface area contributed by atoms with E-state index in [1.165, 1.54) is 173 Å². The van der Waals surface area contributed by atoms with Gasteiger partial charge in [0.05, 0.1) is 13.2 Å². The van der Waals surface area contributed by atoms with Gasteiger partial charge in [0.15, 0.2) is 18.7 Å². The molecule has 2 aliphatic heterocycles. The first-order valence-electron chi connectivity index (χ1n) is 40.7. The first-order chi connectivity index (χ1) is 49.2. The lowest BCUT2D eigenvalue weighted by atomic mass is 9.84. The summed E-state index contributed by atoms with van der Waals surface area (Å²) in [6.07, 6.45) is 15.7. The van der Waals surface area contributed by atoms with E-state index in [0.717, 1.165) is 96.3 Å². The number of carbonyl (C=O) groups is 3. The molecular formula is C77H145O24P. The van der Waals surface area contributed by atoms with Crippen LogP contribution in [0.2, 0.25) is 0 Å². The molecule has 602 valence electrons. The Morgan fingerprint density at radius 1 is 0.373 bits per heavy atom. The first-order valence-corrected chi connectivity index (χ1v) is 42.2. The topological polar surface area (TPSA) is 374 Å². The molecule has 0 spiro atoms. The van der Waals surface area contributed by atoms with Gasteiger partial charge in [0, 0.05) is 19.3 Å². The molecule has 24 nitrogen and oxygen atoms in total. The summed E-state index contributed by atoms with van der Waals surface area (Å²) >= 11 is 0. The van der Waals surface area contributed by atoms with Crippen molar-refractivity contribution in [1.82, 2.24) is 0 Å². The van der Waals surface area contributed by atoms with Gasteiger partial charge >= 0.3 is 25.7 Å². The molecule has 0 aromatic carbocycles. The molecule has 3 rings (SSSR count). The van der Waals surface area contributed by atoms with Gasteiger partial charge in [-0.25, -0.2) is 4.57 Å². The molecule has 0 radical (unpaired) electrons. The van der Waals surface area contributed by atoms with Crippen molar-refractivity contribution >= 4 is 25.7 Å². The summed E-state index contributed by atoms with van der Waals surface area (Å²) in [6, 6.07) is 0. The monoisotopic (exact) mass is 1480 g/mol. The number of ether oxygens (including phenoxy) is 7. The van der Waals surface area contributed by atoms with Crippen LogP contribution in [-0.4, -0.2) is 204 Å². The number of phosphoric acid groups is 1. The number of unbranched alkanes of at least 4 members (excludes halogenated alkanes) is 39. The van der Waals surface area contributed by atoms with Crippen molar-refractivity contribution < 1.29 is 117 Å². The summed E-state index contributed by atoms with van der Waals surface area (Å²) in [6.45, 7) is 5.83. The molecule has 11 N–H and O–H groups in total. The number of aliphatic hydroxyl groups excluding tert-OH is 10. The normalized spacial score (nSPS) is 27.3. The van der Waals surface area contributed by atoms with Gasteiger partial charge in [-0.2, -0.15) is 0 Å². The SMILES string of the molecule is CCCCCCCCCCCCCCCCCCCC(=O)OCC1OC(OC2C(O)C(O)C(O)C(OC3OC(CO)C(O)C(O)C3O)C2OP(=O)(O)OCC(COC(=O)CCCCCCCCC(C)CCCCCCCC)OC(=O)CCCCCCCCCCCCCCCC)C(O)C(O)C1O. The van der Waals surface area contributed by atoms with Crippen molar-refractivity contribution in [3.05, 3.63) is 0 Å². The van der Waals surface area contributed by atoms with Gasteiger partial charge in [-0.3, -0.25) is 23.4 Å². The molecule has 19 atom stereocenters. The van der Waals surface area contributed by atoms with Gasteiger partial charge in [0.25, 0.3) is 0 Å². The van der Waals surface area contributed by atoms with Crippen LogP contribution in [0.5, 0.6) is 0 Å². The molecule has 0 aromatic heterocycles. The first kappa shape index (κ1) is 94.2.